The van der Waals surface area contributed by atoms with Gasteiger partial charge in [0, 0.05) is 25.8 Å². The summed E-state index contributed by atoms with van der Waals surface area (Å²) in [5.74, 6) is -0.499. The number of amides is 2. The molecule has 3 rings (SSSR count). The first-order chi connectivity index (χ1) is 14.5. The smallest absolute Gasteiger partial charge is 0.278 e. The summed E-state index contributed by atoms with van der Waals surface area (Å²) in [6.07, 6.45) is 7.75. The molecule has 1 atom stereocenters. The minimum absolute atomic E-state index is 0.0618. The molecule has 0 fully saturated rings. The Kier molecular flexibility index (Phi) is 6.92. The molecular weight excluding hydrogens is 380 g/mol. The van der Waals surface area contributed by atoms with Gasteiger partial charge in [0.15, 0.2) is 11.5 Å². The van der Waals surface area contributed by atoms with Crippen LogP contribution < -0.4 is 16.4 Å². The summed E-state index contributed by atoms with van der Waals surface area (Å²) in [6.45, 7) is 1.40. The van der Waals surface area contributed by atoms with Crippen LogP contribution in [-0.4, -0.2) is 53.9 Å². The minimum Gasteiger partial charge on any atom is -0.382 e. The van der Waals surface area contributed by atoms with Gasteiger partial charge in [0.05, 0.1) is 17.8 Å². The van der Waals surface area contributed by atoms with Crippen molar-refractivity contribution in [1.29, 1.82) is 0 Å². The van der Waals surface area contributed by atoms with Crippen molar-refractivity contribution < 1.29 is 9.59 Å². The summed E-state index contributed by atoms with van der Waals surface area (Å²) < 4.78 is 0. The van der Waals surface area contributed by atoms with Crippen molar-refractivity contribution in [1.82, 2.24) is 20.2 Å². The van der Waals surface area contributed by atoms with Gasteiger partial charge < -0.3 is 21.3 Å². The van der Waals surface area contributed by atoms with Crippen molar-refractivity contribution in [3.63, 3.8) is 0 Å². The fraction of sp³-hybridized carbons (Fsp3) is 0.273. The maximum Gasteiger partial charge on any atom is 0.278 e. The molecule has 1 heterocycles. The molecule has 8 nitrogen and oxygen atoms in total. The Morgan fingerprint density at radius 3 is 2.70 bits per heavy atom. The largest absolute Gasteiger partial charge is 0.382 e. The van der Waals surface area contributed by atoms with E-state index in [0.29, 0.717) is 24.3 Å². The molecule has 0 saturated heterocycles. The van der Waals surface area contributed by atoms with E-state index < -0.39 is 5.91 Å². The highest BCUT2D eigenvalue weighted by Crippen LogP contribution is 2.25. The van der Waals surface area contributed by atoms with Gasteiger partial charge >= 0.3 is 0 Å². The van der Waals surface area contributed by atoms with Crippen LogP contribution in [0.4, 0.5) is 11.5 Å². The Morgan fingerprint density at radius 1 is 1.27 bits per heavy atom. The van der Waals surface area contributed by atoms with Gasteiger partial charge in [-0.2, -0.15) is 0 Å². The molecule has 30 heavy (non-hydrogen) atoms. The number of para-hydroxylation sites is 1. The van der Waals surface area contributed by atoms with Crippen molar-refractivity contribution in [2.45, 2.75) is 6.42 Å². The minimum atomic E-state index is -0.423. The topological polar surface area (TPSA) is 113 Å². The van der Waals surface area contributed by atoms with E-state index in [9.17, 15) is 9.59 Å². The van der Waals surface area contributed by atoms with E-state index in [1.165, 1.54) is 6.20 Å². The number of likely N-dealkylation sites (N-methyl/N-ethyl adjacent to an activating group) is 2. The third-order valence-electron chi connectivity index (χ3n) is 4.83. The highest BCUT2D eigenvalue weighted by molar-refractivity contribution is 6.05. The number of nitrogens with one attached hydrogen (secondary N) is 2. The lowest BCUT2D eigenvalue weighted by Crippen LogP contribution is -2.36. The number of nitrogens with two attached hydrogens (primary N) is 1. The number of hydrogen-bond donors (Lipinski definition) is 3. The number of anilines is 2. The molecule has 2 aromatic rings. The van der Waals surface area contributed by atoms with Crippen LogP contribution in [0.1, 0.15) is 22.6 Å². The molecule has 8 heteroatoms. The monoisotopic (exact) mass is 406 g/mol. The summed E-state index contributed by atoms with van der Waals surface area (Å²) >= 11 is 0. The normalized spacial score (nSPS) is 15.4. The number of allylic oxidation sites excluding steroid dienone is 3. The molecule has 2 amide bonds. The predicted octanol–water partition coefficient (Wildman–Crippen LogP) is 1.95. The molecule has 0 aliphatic heterocycles. The molecule has 0 bridgehead atoms. The number of aromatic nitrogens is 2. The van der Waals surface area contributed by atoms with Crippen LogP contribution in [0.2, 0.25) is 0 Å². The molecule has 1 aliphatic carbocycles. The average molecular weight is 406 g/mol. The van der Waals surface area contributed by atoms with Crippen molar-refractivity contribution in [3.8, 4) is 0 Å². The highest BCUT2D eigenvalue weighted by Gasteiger charge is 2.22. The SMILES string of the molecule is CNCCN(C)C(=O)C1C=CC(c2cnc(N)c(C(=O)Nc3ccccc3)n2)=CC1. The van der Waals surface area contributed by atoms with Gasteiger partial charge in [-0.1, -0.05) is 36.4 Å². The maximum absolute atomic E-state index is 12.6. The molecule has 4 N–H and O–H groups in total. The van der Waals surface area contributed by atoms with Crippen molar-refractivity contribution in [2.75, 3.05) is 38.2 Å². The molecule has 0 radical (unpaired) electrons. The number of carbonyl (C=O) groups is 2. The van der Waals surface area contributed by atoms with Crippen LogP contribution in [0, 0.1) is 5.92 Å². The predicted molar refractivity (Wildman–Crippen MR) is 118 cm³/mol. The summed E-state index contributed by atoms with van der Waals surface area (Å²) in [5.41, 5.74) is 7.93. The lowest BCUT2D eigenvalue weighted by atomic mass is 9.94. The van der Waals surface area contributed by atoms with E-state index in [1.54, 1.807) is 24.1 Å². The van der Waals surface area contributed by atoms with E-state index in [4.69, 9.17) is 5.73 Å². The molecular formula is C22H26N6O2. The maximum atomic E-state index is 12.6. The lowest BCUT2D eigenvalue weighted by Gasteiger charge is -2.23. The first-order valence-corrected chi connectivity index (χ1v) is 9.77. The number of benzene rings is 1. The molecule has 1 unspecified atom stereocenters. The van der Waals surface area contributed by atoms with Gasteiger partial charge in [0.2, 0.25) is 5.91 Å². The van der Waals surface area contributed by atoms with Crippen LogP contribution in [-0.2, 0) is 4.79 Å². The molecule has 1 aromatic heterocycles. The van der Waals surface area contributed by atoms with Crippen LogP contribution in [0.5, 0.6) is 0 Å². The Hall–Kier alpha value is -3.52. The zero-order valence-corrected chi connectivity index (χ0v) is 17.1. The molecule has 1 aliphatic rings. The second kappa shape index (κ2) is 9.80. The third kappa shape index (κ3) is 5.09. The van der Waals surface area contributed by atoms with Crippen LogP contribution in [0.25, 0.3) is 5.57 Å². The molecule has 1 aromatic carbocycles. The van der Waals surface area contributed by atoms with Crippen molar-refractivity contribution in [2.24, 2.45) is 5.92 Å². The first-order valence-electron chi connectivity index (χ1n) is 9.77. The number of rotatable bonds is 7. The van der Waals surface area contributed by atoms with Crippen LogP contribution >= 0.6 is 0 Å². The molecule has 0 spiro atoms. The fourth-order valence-electron chi connectivity index (χ4n) is 3.08. The Labute approximate surface area is 175 Å². The average Bonchev–Trinajstić information content (AvgIpc) is 2.78. The Balaban J connectivity index is 1.71. The van der Waals surface area contributed by atoms with Gasteiger partial charge in [-0.15, -0.1) is 0 Å². The highest BCUT2D eigenvalue weighted by atomic mass is 16.2. The van der Waals surface area contributed by atoms with Gasteiger partial charge in [-0.05, 0) is 31.2 Å². The van der Waals surface area contributed by atoms with Crippen molar-refractivity contribution >= 4 is 28.9 Å². The van der Waals surface area contributed by atoms with Crippen molar-refractivity contribution in [3.05, 3.63) is 66.1 Å². The molecule has 156 valence electrons. The van der Waals surface area contributed by atoms with Crippen LogP contribution in [0.3, 0.4) is 0 Å². The zero-order valence-electron chi connectivity index (χ0n) is 17.1. The fourth-order valence-corrected chi connectivity index (χ4v) is 3.08. The number of nitrogens with zero attached hydrogens (tertiary/aromatic N) is 3. The standard InChI is InChI=1S/C22H26N6O2/c1-24-12-13-28(2)22(30)16-10-8-15(9-11-16)18-14-25-20(23)19(27-18)21(29)26-17-6-4-3-5-7-17/h3-10,14,16,24H,11-13H2,1-2H3,(H2,23,25)(H,26,29). The quantitative estimate of drug-likeness (QED) is 0.648. The van der Waals surface area contributed by atoms with Gasteiger partial charge in [0.1, 0.15) is 0 Å². The summed E-state index contributed by atoms with van der Waals surface area (Å²) in [7, 11) is 3.66. The van der Waals surface area contributed by atoms with E-state index in [2.05, 4.69) is 20.6 Å². The van der Waals surface area contributed by atoms with E-state index in [-0.39, 0.29) is 23.3 Å². The van der Waals surface area contributed by atoms with Gasteiger partial charge in [0.25, 0.3) is 5.91 Å². The number of hydrogen-bond acceptors (Lipinski definition) is 6. The van der Waals surface area contributed by atoms with Crippen LogP contribution in [0.15, 0.2) is 54.8 Å². The second-order valence-electron chi connectivity index (χ2n) is 7.03. The summed E-state index contributed by atoms with van der Waals surface area (Å²) in [5, 5.41) is 5.80. The summed E-state index contributed by atoms with van der Waals surface area (Å²) in [4.78, 5) is 35.4. The molecule has 0 saturated carbocycles. The number of nitrogen functional groups attached to an aromatic ring is 1. The zero-order chi connectivity index (χ0) is 21.5. The van der Waals surface area contributed by atoms with Gasteiger partial charge in [-0.25, -0.2) is 9.97 Å². The second-order valence-corrected chi connectivity index (χ2v) is 7.03. The third-order valence-corrected chi connectivity index (χ3v) is 4.83. The van der Waals surface area contributed by atoms with Gasteiger partial charge in [-0.3, -0.25) is 9.59 Å². The van der Waals surface area contributed by atoms with E-state index in [1.807, 2.05) is 43.5 Å². The Bertz CT molecular complexity index is 971. The lowest BCUT2D eigenvalue weighted by molar-refractivity contribution is -0.132. The Morgan fingerprint density at radius 2 is 2.03 bits per heavy atom. The van der Waals surface area contributed by atoms with E-state index in [0.717, 1.165) is 12.1 Å². The first kappa shape index (κ1) is 21.2. The summed E-state index contributed by atoms with van der Waals surface area (Å²) in [6, 6.07) is 9.08. The van der Waals surface area contributed by atoms with E-state index >= 15 is 0 Å². The number of carbonyl (C=O) groups excluding carboxylic acids is 2.